The molecule has 2 aromatic heterocycles. The van der Waals surface area contributed by atoms with Gasteiger partial charge in [-0.25, -0.2) is 4.98 Å². The van der Waals surface area contributed by atoms with Crippen LogP contribution in [0.5, 0.6) is 0 Å². The molecule has 2 aromatic carbocycles. The van der Waals surface area contributed by atoms with Crippen molar-refractivity contribution in [2.24, 2.45) is 0 Å². The van der Waals surface area contributed by atoms with E-state index in [2.05, 4.69) is 25.8 Å². The van der Waals surface area contributed by atoms with Crippen molar-refractivity contribution >= 4 is 17.6 Å². The number of nitrogens with one attached hydrogen (secondary N) is 3. The van der Waals surface area contributed by atoms with Gasteiger partial charge in [0.1, 0.15) is 11.8 Å². The van der Waals surface area contributed by atoms with E-state index in [1.54, 1.807) is 12.5 Å². The number of imidazole rings is 1. The van der Waals surface area contributed by atoms with Gasteiger partial charge in [0, 0.05) is 35.1 Å². The van der Waals surface area contributed by atoms with Gasteiger partial charge in [-0.1, -0.05) is 41.6 Å². The minimum Gasteiger partial charge on any atom is -0.468 e. The third-order valence-electron chi connectivity index (χ3n) is 6.40. The first kappa shape index (κ1) is 22.5. The van der Waals surface area contributed by atoms with Crippen LogP contribution in [0.3, 0.4) is 0 Å². The van der Waals surface area contributed by atoms with Crippen molar-refractivity contribution in [1.29, 1.82) is 0 Å². The number of aromatic amines is 1. The molecule has 0 fully saturated rings. The van der Waals surface area contributed by atoms with E-state index in [0.717, 1.165) is 22.5 Å². The van der Waals surface area contributed by atoms with Crippen LogP contribution in [0.4, 0.5) is 5.69 Å². The van der Waals surface area contributed by atoms with Gasteiger partial charge in [-0.05, 0) is 37.1 Å². The van der Waals surface area contributed by atoms with Crippen molar-refractivity contribution in [3.05, 3.63) is 89.3 Å². The zero-order valence-corrected chi connectivity index (χ0v) is 19.6. The number of carbonyl (C=O) groups excluding carboxylic acids is 2. The Balaban J connectivity index is 1.68. The predicted molar refractivity (Wildman–Crippen MR) is 128 cm³/mol. The van der Waals surface area contributed by atoms with Gasteiger partial charge in [0.05, 0.1) is 19.1 Å². The van der Waals surface area contributed by atoms with Crippen LogP contribution in [0.2, 0.25) is 0 Å². The molecule has 178 valence electrons. The van der Waals surface area contributed by atoms with E-state index < -0.39 is 17.6 Å². The smallest absolute Gasteiger partial charge is 0.323 e. The average Bonchev–Trinajstić information content (AvgIpc) is 3.57. The summed E-state index contributed by atoms with van der Waals surface area (Å²) in [7, 11) is 1.33. The summed E-state index contributed by atoms with van der Waals surface area (Å²) < 4.78 is 10.5. The standard InChI is InChI=1S/C26H25N5O4/c1-15-23(16(2)35-31-15)17-9-10-21-20(11-17)26(25(33)29-21,18-7-5-4-6-8-18)30-22(24(32)34-3)12-19-13-27-14-28-19/h4-11,13-14,22,30H,12H2,1-3H3,(H,27,28)(H,29,33)/t22-,26-/m1/s1. The van der Waals surface area contributed by atoms with Gasteiger partial charge < -0.3 is 19.6 Å². The van der Waals surface area contributed by atoms with E-state index in [-0.39, 0.29) is 12.3 Å². The molecule has 35 heavy (non-hydrogen) atoms. The van der Waals surface area contributed by atoms with Gasteiger partial charge in [-0.2, -0.15) is 0 Å². The van der Waals surface area contributed by atoms with Gasteiger partial charge in [0.15, 0.2) is 5.54 Å². The summed E-state index contributed by atoms with van der Waals surface area (Å²) in [6.07, 6.45) is 3.45. The molecule has 0 saturated heterocycles. The first-order chi connectivity index (χ1) is 16.9. The summed E-state index contributed by atoms with van der Waals surface area (Å²) in [5, 5.41) is 10.4. The number of anilines is 1. The lowest BCUT2D eigenvalue weighted by Crippen LogP contribution is -2.56. The maximum atomic E-state index is 13.8. The summed E-state index contributed by atoms with van der Waals surface area (Å²) in [4.78, 5) is 33.7. The minimum atomic E-state index is -1.34. The first-order valence-corrected chi connectivity index (χ1v) is 11.2. The lowest BCUT2D eigenvalue weighted by Gasteiger charge is -2.33. The zero-order chi connectivity index (χ0) is 24.6. The lowest BCUT2D eigenvalue weighted by molar-refractivity contribution is -0.143. The minimum absolute atomic E-state index is 0.257. The van der Waals surface area contributed by atoms with Crippen LogP contribution in [0.1, 0.15) is 28.3 Å². The van der Waals surface area contributed by atoms with Crippen LogP contribution in [0.25, 0.3) is 11.1 Å². The summed E-state index contributed by atoms with van der Waals surface area (Å²) in [5.74, 6) is -0.0872. The van der Waals surface area contributed by atoms with Gasteiger partial charge in [-0.15, -0.1) is 0 Å². The molecule has 4 aromatic rings. The second-order valence-electron chi connectivity index (χ2n) is 8.53. The molecule has 9 heteroatoms. The van der Waals surface area contributed by atoms with E-state index in [4.69, 9.17) is 9.26 Å². The topological polar surface area (TPSA) is 122 Å². The van der Waals surface area contributed by atoms with Gasteiger partial charge in [0.25, 0.3) is 5.91 Å². The molecule has 3 N–H and O–H groups in total. The second-order valence-corrected chi connectivity index (χ2v) is 8.53. The molecule has 0 radical (unpaired) electrons. The van der Waals surface area contributed by atoms with Crippen LogP contribution in [-0.4, -0.2) is 40.2 Å². The monoisotopic (exact) mass is 471 g/mol. The van der Waals surface area contributed by atoms with Crippen LogP contribution < -0.4 is 10.6 Å². The number of benzene rings is 2. The van der Waals surface area contributed by atoms with Crippen LogP contribution in [-0.2, 0) is 26.3 Å². The molecule has 1 amide bonds. The highest BCUT2D eigenvalue weighted by Gasteiger charge is 2.50. The number of nitrogens with zero attached hydrogens (tertiary/aromatic N) is 2. The highest BCUT2D eigenvalue weighted by Crippen LogP contribution is 2.44. The Kier molecular flexibility index (Phi) is 5.70. The number of amides is 1. The highest BCUT2D eigenvalue weighted by atomic mass is 16.5. The fourth-order valence-corrected chi connectivity index (χ4v) is 4.77. The first-order valence-electron chi connectivity index (χ1n) is 11.2. The number of aryl methyl sites for hydroxylation is 2. The number of carbonyl (C=O) groups is 2. The zero-order valence-electron chi connectivity index (χ0n) is 19.6. The molecular weight excluding hydrogens is 446 g/mol. The van der Waals surface area contributed by atoms with Gasteiger partial charge in [0.2, 0.25) is 0 Å². The van der Waals surface area contributed by atoms with E-state index in [0.29, 0.717) is 22.6 Å². The van der Waals surface area contributed by atoms with Crippen LogP contribution >= 0.6 is 0 Å². The lowest BCUT2D eigenvalue weighted by atomic mass is 9.81. The van der Waals surface area contributed by atoms with E-state index >= 15 is 0 Å². The number of hydrogen-bond donors (Lipinski definition) is 3. The van der Waals surface area contributed by atoms with Crippen molar-refractivity contribution in [3.63, 3.8) is 0 Å². The highest BCUT2D eigenvalue weighted by molar-refractivity contribution is 6.09. The number of methoxy groups -OCH3 is 1. The van der Waals surface area contributed by atoms with Crippen molar-refractivity contribution in [2.75, 3.05) is 12.4 Å². The number of ether oxygens (including phenoxy) is 1. The van der Waals surface area contributed by atoms with Gasteiger partial charge in [-0.3, -0.25) is 14.9 Å². The molecule has 0 aliphatic carbocycles. The fraction of sp³-hybridized carbons (Fsp3) is 0.231. The Hall–Kier alpha value is -4.24. The third-order valence-corrected chi connectivity index (χ3v) is 6.40. The molecule has 2 atom stereocenters. The molecule has 1 aliphatic heterocycles. The molecule has 0 saturated carbocycles. The Morgan fingerprint density at radius 2 is 2.00 bits per heavy atom. The molecule has 3 heterocycles. The molecule has 5 rings (SSSR count). The second kappa shape index (κ2) is 8.84. The average molecular weight is 472 g/mol. The molecule has 0 bridgehead atoms. The molecule has 0 unspecified atom stereocenters. The van der Waals surface area contributed by atoms with Crippen molar-refractivity contribution in [2.45, 2.75) is 31.8 Å². The Morgan fingerprint density at radius 1 is 1.20 bits per heavy atom. The number of esters is 1. The predicted octanol–water partition coefficient (Wildman–Crippen LogP) is 3.25. The summed E-state index contributed by atoms with van der Waals surface area (Å²) >= 11 is 0. The third kappa shape index (κ3) is 3.79. The quantitative estimate of drug-likeness (QED) is 0.354. The Morgan fingerprint density at radius 3 is 2.66 bits per heavy atom. The van der Waals surface area contributed by atoms with E-state index in [1.165, 1.54) is 7.11 Å². The van der Waals surface area contributed by atoms with Crippen molar-refractivity contribution in [1.82, 2.24) is 20.4 Å². The normalized spacial score (nSPS) is 17.6. The summed E-state index contributed by atoms with van der Waals surface area (Å²) in [6.45, 7) is 3.73. The van der Waals surface area contributed by atoms with E-state index in [9.17, 15) is 9.59 Å². The van der Waals surface area contributed by atoms with Crippen molar-refractivity contribution < 1.29 is 18.8 Å². The molecule has 0 spiro atoms. The molecule has 9 nitrogen and oxygen atoms in total. The fourth-order valence-electron chi connectivity index (χ4n) is 4.77. The number of hydrogen-bond acceptors (Lipinski definition) is 7. The summed E-state index contributed by atoms with van der Waals surface area (Å²) in [5.41, 5.74) is 3.94. The van der Waals surface area contributed by atoms with Crippen molar-refractivity contribution in [3.8, 4) is 11.1 Å². The Bertz CT molecular complexity index is 1360. The number of rotatable bonds is 7. The van der Waals surface area contributed by atoms with Gasteiger partial charge >= 0.3 is 5.97 Å². The maximum absolute atomic E-state index is 13.8. The Labute approximate surface area is 201 Å². The number of aromatic nitrogens is 3. The summed E-state index contributed by atoms with van der Waals surface area (Å²) in [6, 6.07) is 14.3. The molecular formula is C26H25N5O4. The SMILES string of the molecule is COC(=O)[C@@H](Cc1cnc[nH]1)N[C@@]1(c2ccccc2)C(=O)Nc2ccc(-c3c(C)noc3C)cc21. The van der Waals surface area contributed by atoms with E-state index in [1.807, 2.05) is 62.4 Å². The number of H-pyrrole nitrogens is 1. The van der Waals surface area contributed by atoms with Crippen LogP contribution in [0.15, 0.2) is 65.6 Å². The van der Waals surface area contributed by atoms with Crippen LogP contribution in [0, 0.1) is 13.8 Å². The maximum Gasteiger partial charge on any atom is 0.323 e. The number of fused-ring (bicyclic) bond motifs is 1. The largest absolute Gasteiger partial charge is 0.468 e. The molecule has 1 aliphatic rings.